The number of ether oxygens (including phenoxy) is 2. The molecule has 2 aliphatic heterocycles. The number of benzene rings is 1. The fourth-order valence-corrected chi connectivity index (χ4v) is 7.18. The SMILES string of the molecule is COc1ccc(CN2C(=NC(=O)C(C)C)SC3CS(=O)(=O)CC32)cc1OC. The Morgan fingerprint density at radius 1 is 1.26 bits per heavy atom. The third-order valence-electron chi connectivity index (χ3n) is 4.68. The third kappa shape index (κ3) is 4.24. The number of amides is 1. The molecule has 7 nitrogen and oxygen atoms in total. The molecule has 9 heteroatoms. The van der Waals surface area contributed by atoms with Gasteiger partial charge in [0.1, 0.15) is 0 Å². The van der Waals surface area contributed by atoms with Crippen molar-refractivity contribution in [3.05, 3.63) is 23.8 Å². The number of carbonyl (C=O) groups is 1. The summed E-state index contributed by atoms with van der Waals surface area (Å²) in [5, 5.41) is 0.516. The Labute approximate surface area is 164 Å². The van der Waals surface area contributed by atoms with E-state index in [0.29, 0.717) is 23.2 Å². The molecule has 0 spiro atoms. The van der Waals surface area contributed by atoms with E-state index in [0.717, 1.165) is 5.56 Å². The molecule has 0 bridgehead atoms. The highest BCUT2D eigenvalue weighted by atomic mass is 32.2. The molecule has 3 rings (SSSR count). The molecule has 0 aliphatic carbocycles. The van der Waals surface area contributed by atoms with Gasteiger partial charge in [-0.15, -0.1) is 0 Å². The van der Waals surface area contributed by atoms with Crippen molar-refractivity contribution in [1.82, 2.24) is 4.90 Å². The predicted octanol–water partition coefficient (Wildman–Crippen LogP) is 1.96. The second-order valence-electron chi connectivity index (χ2n) is 7.01. The zero-order chi connectivity index (χ0) is 19.8. The lowest BCUT2D eigenvalue weighted by Crippen LogP contribution is -2.37. The van der Waals surface area contributed by atoms with Crippen LogP contribution in [0.3, 0.4) is 0 Å². The molecule has 0 aromatic heterocycles. The molecule has 1 aromatic carbocycles. The second-order valence-corrected chi connectivity index (χ2v) is 10.4. The highest BCUT2D eigenvalue weighted by Gasteiger charge is 2.48. The molecule has 2 saturated heterocycles. The molecule has 2 unspecified atom stereocenters. The van der Waals surface area contributed by atoms with E-state index in [-0.39, 0.29) is 34.6 Å². The fraction of sp³-hybridized carbons (Fsp3) is 0.556. The quantitative estimate of drug-likeness (QED) is 0.731. The van der Waals surface area contributed by atoms with Gasteiger partial charge < -0.3 is 14.4 Å². The van der Waals surface area contributed by atoms with E-state index in [1.165, 1.54) is 11.8 Å². The summed E-state index contributed by atoms with van der Waals surface area (Å²) in [6, 6.07) is 5.41. The zero-order valence-corrected chi connectivity index (χ0v) is 17.5. The number of hydrogen-bond donors (Lipinski definition) is 0. The highest BCUT2D eigenvalue weighted by molar-refractivity contribution is 8.15. The van der Waals surface area contributed by atoms with Crippen molar-refractivity contribution in [3.8, 4) is 11.5 Å². The standard InChI is InChI=1S/C18H24N2O5S2/c1-11(2)17(21)19-18-20(13-9-27(22,23)10-16(13)26-18)8-12-5-6-14(24-3)15(7-12)25-4/h5-7,11,13,16H,8-10H2,1-4H3. The van der Waals surface area contributed by atoms with Crippen molar-refractivity contribution in [1.29, 1.82) is 0 Å². The van der Waals surface area contributed by atoms with E-state index >= 15 is 0 Å². The summed E-state index contributed by atoms with van der Waals surface area (Å²) in [5.41, 5.74) is 0.933. The van der Waals surface area contributed by atoms with E-state index in [2.05, 4.69) is 4.99 Å². The Kier molecular flexibility index (Phi) is 5.71. The van der Waals surface area contributed by atoms with Crippen LogP contribution >= 0.6 is 11.8 Å². The van der Waals surface area contributed by atoms with Crippen LogP contribution in [0, 0.1) is 5.92 Å². The molecule has 2 heterocycles. The number of methoxy groups -OCH3 is 2. The number of amidine groups is 1. The van der Waals surface area contributed by atoms with Gasteiger partial charge in [-0.1, -0.05) is 31.7 Å². The molecule has 0 N–H and O–H groups in total. The van der Waals surface area contributed by atoms with E-state index in [1.807, 2.05) is 23.1 Å². The van der Waals surface area contributed by atoms with Gasteiger partial charge in [-0.05, 0) is 17.7 Å². The molecule has 27 heavy (non-hydrogen) atoms. The first-order chi connectivity index (χ1) is 12.7. The van der Waals surface area contributed by atoms with Gasteiger partial charge in [0.2, 0.25) is 0 Å². The first-order valence-corrected chi connectivity index (χ1v) is 11.4. The molecule has 0 saturated carbocycles. The second kappa shape index (κ2) is 7.71. The van der Waals surface area contributed by atoms with Crippen molar-refractivity contribution in [3.63, 3.8) is 0 Å². The Morgan fingerprint density at radius 2 is 1.96 bits per heavy atom. The maximum atomic E-state index is 12.1. The Balaban J connectivity index is 1.91. The maximum absolute atomic E-state index is 12.1. The van der Waals surface area contributed by atoms with Crippen LogP contribution in [-0.2, 0) is 21.2 Å². The van der Waals surface area contributed by atoms with E-state index in [9.17, 15) is 13.2 Å². The summed E-state index contributed by atoms with van der Waals surface area (Å²) < 4.78 is 34.8. The molecule has 2 atom stereocenters. The summed E-state index contributed by atoms with van der Waals surface area (Å²) in [4.78, 5) is 18.4. The summed E-state index contributed by atoms with van der Waals surface area (Å²) >= 11 is 1.39. The largest absolute Gasteiger partial charge is 0.493 e. The van der Waals surface area contributed by atoms with Gasteiger partial charge in [-0.3, -0.25) is 4.79 Å². The van der Waals surface area contributed by atoms with Crippen molar-refractivity contribution in [2.75, 3.05) is 25.7 Å². The Bertz CT molecular complexity index is 867. The fourth-order valence-electron chi connectivity index (χ4n) is 3.22. The molecule has 1 aromatic rings. The first-order valence-electron chi connectivity index (χ1n) is 8.71. The van der Waals surface area contributed by atoms with Crippen LogP contribution < -0.4 is 9.47 Å². The Hall–Kier alpha value is -1.74. The average molecular weight is 413 g/mol. The van der Waals surface area contributed by atoms with Crippen LogP contribution in [0.1, 0.15) is 19.4 Å². The number of fused-ring (bicyclic) bond motifs is 1. The lowest BCUT2D eigenvalue weighted by Gasteiger charge is -2.25. The number of carbonyl (C=O) groups excluding carboxylic acids is 1. The highest BCUT2D eigenvalue weighted by Crippen LogP contribution is 2.39. The number of sulfone groups is 1. The number of hydrogen-bond acceptors (Lipinski definition) is 6. The van der Waals surface area contributed by atoms with Crippen LogP contribution in [0.5, 0.6) is 11.5 Å². The number of thioether (sulfide) groups is 1. The third-order valence-corrected chi connectivity index (χ3v) is 7.92. The average Bonchev–Trinajstić information content (AvgIpc) is 3.07. The van der Waals surface area contributed by atoms with Gasteiger partial charge in [-0.2, -0.15) is 4.99 Å². The monoisotopic (exact) mass is 412 g/mol. The van der Waals surface area contributed by atoms with Gasteiger partial charge in [0.15, 0.2) is 26.5 Å². The van der Waals surface area contributed by atoms with E-state index in [1.54, 1.807) is 28.1 Å². The maximum Gasteiger partial charge on any atom is 0.250 e. The minimum absolute atomic E-state index is 0.0890. The van der Waals surface area contributed by atoms with Crippen LogP contribution in [0.2, 0.25) is 0 Å². The Morgan fingerprint density at radius 3 is 2.59 bits per heavy atom. The molecular formula is C18H24N2O5S2. The first kappa shape index (κ1) is 20.0. The summed E-state index contributed by atoms with van der Waals surface area (Å²) in [7, 11) is 0.0753. The normalized spacial score (nSPS) is 25.1. The van der Waals surface area contributed by atoms with Crippen molar-refractivity contribution in [2.45, 2.75) is 31.7 Å². The molecular weight excluding hydrogens is 388 g/mol. The van der Waals surface area contributed by atoms with Crippen molar-refractivity contribution in [2.24, 2.45) is 10.9 Å². The van der Waals surface area contributed by atoms with Gasteiger partial charge in [-0.25, -0.2) is 8.42 Å². The van der Waals surface area contributed by atoms with E-state index in [4.69, 9.17) is 9.47 Å². The van der Waals surface area contributed by atoms with Gasteiger partial charge in [0.25, 0.3) is 5.91 Å². The summed E-state index contributed by atoms with van der Waals surface area (Å²) in [5.74, 6) is 1.05. The van der Waals surface area contributed by atoms with Crippen LogP contribution in [0.15, 0.2) is 23.2 Å². The van der Waals surface area contributed by atoms with Gasteiger partial charge in [0.05, 0.1) is 31.8 Å². The number of nitrogens with zero attached hydrogens (tertiary/aromatic N) is 2. The van der Waals surface area contributed by atoms with Crippen LogP contribution in [0.4, 0.5) is 0 Å². The predicted molar refractivity (Wildman–Crippen MR) is 106 cm³/mol. The summed E-state index contributed by atoms with van der Waals surface area (Å²) in [6.45, 7) is 4.06. The van der Waals surface area contributed by atoms with E-state index < -0.39 is 9.84 Å². The van der Waals surface area contributed by atoms with Crippen LogP contribution in [-0.4, -0.2) is 61.4 Å². The summed E-state index contributed by atoms with van der Waals surface area (Å²) in [6.07, 6.45) is 0. The zero-order valence-electron chi connectivity index (χ0n) is 15.8. The minimum Gasteiger partial charge on any atom is -0.493 e. The van der Waals surface area contributed by atoms with Gasteiger partial charge >= 0.3 is 0 Å². The lowest BCUT2D eigenvalue weighted by molar-refractivity contribution is -0.120. The molecule has 0 radical (unpaired) electrons. The molecule has 2 fully saturated rings. The van der Waals surface area contributed by atoms with Crippen molar-refractivity contribution >= 4 is 32.7 Å². The number of aliphatic imine (C=N–C) groups is 1. The molecule has 148 valence electrons. The van der Waals surface area contributed by atoms with Crippen molar-refractivity contribution < 1.29 is 22.7 Å². The topological polar surface area (TPSA) is 85.3 Å². The van der Waals surface area contributed by atoms with Crippen LogP contribution in [0.25, 0.3) is 0 Å². The lowest BCUT2D eigenvalue weighted by atomic mass is 10.1. The smallest absolute Gasteiger partial charge is 0.250 e. The minimum atomic E-state index is -3.07. The number of rotatable bonds is 5. The van der Waals surface area contributed by atoms with Gasteiger partial charge in [0, 0.05) is 17.7 Å². The molecule has 2 aliphatic rings. The molecule has 1 amide bonds.